The quantitative estimate of drug-likeness (QED) is 0.790. The molecule has 1 heterocycles. The summed E-state index contributed by atoms with van der Waals surface area (Å²) < 4.78 is 5.86. The molecule has 0 unspecified atom stereocenters. The van der Waals surface area contributed by atoms with Gasteiger partial charge in [0.2, 0.25) is 0 Å². The highest BCUT2D eigenvalue weighted by atomic mass is 32.1. The second-order valence-corrected chi connectivity index (χ2v) is 4.02. The zero-order valence-corrected chi connectivity index (χ0v) is 9.00. The van der Waals surface area contributed by atoms with Crippen molar-refractivity contribution in [3.05, 3.63) is 23.8 Å². The number of nitrogens with two attached hydrogens (primary N) is 1. The number of nitrogens with zero attached hydrogens (tertiary/aromatic N) is 1. The third kappa shape index (κ3) is 1.92. The molecule has 0 saturated carbocycles. The zero-order valence-electron chi connectivity index (χ0n) is 8.19. The molecule has 0 atom stereocenters. The molecule has 4 nitrogen and oxygen atoms in total. The SMILES string of the molecule is CCOC(=O)c1ccc2sc(N)nc2c1. The van der Waals surface area contributed by atoms with E-state index in [0.29, 0.717) is 17.3 Å². The molecule has 0 spiro atoms. The molecule has 0 aliphatic carbocycles. The molecule has 78 valence electrons. The first-order valence-corrected chi connectivity index (χ1v) is 5.35. The van der Waals surface area contributed by atoms with Crippen LogP contribution in [0.4, 0.5) is 5.13 Å². The smallest absolute Gasteiger partial charge is 0.338 e. The van der Waals surface area contributed by atoms with Gasteiger partial charge in [-0.05, 0) is 25.1 Å². The number of aromatic nitrogens is 1. The Morgan fingerprint density at radius 2 is 2.40 bits per heavy atom. The fourth-order valence-corrected chi connectivity index (χ4v) is 2.00. The summed E-state index contributed by atoms with van der Waals surface area (Å²) in [6, 6.07) is 5.24. The van der Waals surface area contributed by atoms with Gasteiger partial charge in [0.25, 0.3) is 0 Å². The van der Waals surface area contributed by atoms with E-state index in [1.807, 2.05) is 6.07 Å². The molecular weight excluding hydrogens is 212 g/mol. The van der Waals surface area contributed by atoms with Crippen molar-refractivity contribution in [1.82, 2.24) is 4.98 Å². The van der Waals surface area contributed by atoms with E-state index in [2.05, 4.69) is 4.98 Å². The van der Waals surface area contributed by atoms with Crippen LogP contribution in [0.3, 0.4) is 0 Å². The average molecular weight is 222 g/mol. The fourth-order valence-electron chi connectivity index (χ4n) is 1.29. The van der Waals surface area contributed by atoms with E-state index >= 15 is 0 Å². The summed E-state index contributed by atoms with van der Waals surface area (Å²) in [4.78, 5) is 15.5. The van der Waals surface area contributed by atoms with Crippen molar-refractivity contribution in [2.75, 3.05) is 12.3 Å². The van der Waals surface area contributed by atoms with Crippen LogP contribution in [-0.2, 0) is 4.74 Å². The van der Waals surface area contributed by atoms with Crippen LogP contribution in [0.25, 0.3) is 10.2 Å². The molecule has 1 aromatic carbocycles. The second kappa shape index (κ2) is 3.86. The van der Waals surface area contributed by atoms with Crippen molar-refractivity contribution in [2.24, 2.45) is 0 Å². The monoisotopic (exact) mass is 222 g/mol. The predicted octanol–water partition coefficient (Wildman–Crippen LogP) is 2.06. The van der Waals surface area contributed by atoms with Gasteiger partial charge in [0.15, 0.2) is 5.13 Å². The van der Waals surface area contributed by atoms with E-state index in [9.17, 15) is 4.79 Å². The number of ether oxygens (including phenoxy) is 1. The number of benzene rings is 1. The van der Waals surface area contributed by atoms with Crippen LogP contribution in [0.1, 0.15) is 17.3 Å². The Kier molecular flexibility index (Phi) is 2.55. The van der Waals surface area contributed by atoms with Gasteiger partial charge in [-0.3, -0.25) is 0 Å². The molecule has 15 heavy (non-hydrogen) atoms. The van der Waals surface area contributed by atoms with E-state index in [4.69, 9.17) is 10.5 Å². The van der Waals surface area contributed by atoms with Gasteiger partial charge in [-0.25, -0.2) is 9.78 Å². The van der Waals surface area contributed by atoms with E-state index in [1.165, 1.54) is 11.3 Å². The van der Waals surface area contributed by atoms with Crippen LogP contribution >= 0.6 is 11.3 Å². The maximum Gasteiger partial charge on any atom is 0.338 e. The van der Waals surface area contributed by atoms with Gasteiger partial charge in [0.1, 0.15) is 0 Å². The molecule has 0 amide bonds. The van der Waals surface area contributed by atoms with Crippen molar-refractivity contribution < 1.29 is 9.53 Å². The molecule has 1 aromatic heterocycles. The standard InChI is InChI=1S/C10H10N2O2S/c1-2-14-9(13)6-3-4-8-7(5-6)12-10(11)15-8/h3-5H,2H2,1H3,(H2,11,12). The number of esters is 1. The van der Waals surface area contributed by atoms with Crippen molar-refractivity contribution in [1.29, 1.82) is 0 Å². The lowest BCUT2D eigenvalue weighted by molar-refractivity contribution is 0.0526. The molecular formula is C10H10N2O2S. The van der Waals surface area contributed by atoms with Crippen molar-refractivity contribution in [3.63, 3.8) is 0 Å². The molecule has 2 N–H and O–H groups in total. The summed E-state index contributed by atoms with van der Waals surface area (Å²) in [6.07, 6.45) is 0. The third-order valence-electron chi connectivity index (χ3n) is 1.92. The Labute approximate surface area is 90.7 Å². The van der Waals surface area contributed by atoms with Crippen LogP contribution in [0.15, 0.2) is 18.2 Å². The second-order valence-electron chi connectivity index (χ2n) is 2.96. The van der Waals surface area contributed by atoms with Crippen LogP contribution in [0.5, 0.6) is 0 Å². The molecule has 2 rings (SSSR count). The van der Waals surface area contributed by atoms with Crippen LogP contribution < -0.4 is 5.73 Å². The van der Waals surface area contributed by atoms with Gasteiger partial charge in [0, 0.05) is 0 Å². The van der Waals surface area contributed by atoms with Crippen molar-refractivity contribution in [3.8, 4) is 0 Å². The predicted molar refractivity (Wildman–Crippen MR) is 60.0 cm³/mol. The first-order chi connectivity index (χ1) is 7.20. The Hall–Kier alpha value is -1.62. The molecule has 0 aliphatic heterocycles. The van der Waals surface area contributed by atoms with Crippen molar-refractivity contribution >= 4 is 32.7 Å². The molecule has 0 fully saturated rings. The lowest BCUT2D eigenvalue weighted by Crippen LogP contribution is -2.03. The summed E-state index contributed by atoms with van der Waals surface area (Å²) in [5, 5.41) is 0.506. The highest BCUT2D eigenvalue weighted by molar-refractivity contribution is 7.22. The number of carbonyl (C=O) groups excluding carboxylic acids is 1. The Bertz CT molecular complexity index is 507. The Morgan fingerprint density at radius 1 is 1.60 bits per heavy atom. The molecule has 0 bridgehead atoms. The number of thiazole rings is 1. The summed E-state index contributed by atoms with van der Waals surface area (Å²) in [6.45, 7) is 2.15. The van der Waals surface area contributed by atoms with E-state index in [1.54, 1.807) is 19.1 Å². The number of fused-ring (bicyclic) bond motifs is 1. The molecule has 2 aromatic rings. The maximum atomic E-state index is 11.4. The summed E-state index contributed by atoms with van der Waals surface area (Å²) in [7, 11) is 0. The normalized spacial score (nSPS) is 10.5. The third-order valence-corrected chi connectivity index (χ3v) is 2.78. The maximum absolute atomic E-state index is 11.4. The zero-order chi connectivity index (χ0) is 10.8. The van der Waals surface area contributed by atoms with Gasteiger partial charge in [-0.2, -0.15) is 0 Å². The van der Waals surface area contributed by atoms with Gasteiger partial charge in [-0.1, -0.05) is 11.3 Å². The average Bonchev–Trinajstić information content (AvgIpc) is 2.57. The fraction of sp³-hybridized carbons (Fsp3) is 0.200. The Morgan fingerprint density at radius 3 is 3.13 bits per heavy atom. The first kappa shape index (κ1) is 9.92. The number of hydrogen-bond donors (Lipinski definition) is 1. The number of hydrogen-bond acceptors (Lipinski definition) is 5. The van der Waals surface area contributed by atoms with Crippen LogP contribution in [0.2, 0.25) is 0 Å². The number of carbonyl (C=O) groups is 1. The number of nitrogen functional groups attached to an aromatic ring is 1. The lowest BCUT2D eigenvalue weighted by Gasteiger charge is -2.00. The topological polar surface area (TPSA) is 65.2 Å². The van der Waals surface area contributed by atoms with Gasteiger partial charge in [-0.15, -0.1) is 0 Å². The summed E-state index contributed by atoms with van der Waals surface area (Å²) in [5.41, 5.74) is 6.81. The van der Waals surface area contributed by atoms with Gasteiger partial charge < -0.3 is 10.5 Å². The highest BCUT2D eigenvalue weighted by Gasteiger charge is 2.08. The molecule has 0 aliphatic rings. The first-order valence-electron chi connectivity index (χ1n) is 4.54. The minimum absolute atomic E-state index is 0.328. The van der Waals surface area contributed by atoms with Gasteiger partial charge >= 0.3 is 5.97 Å². The highest BCUT2D eigenvalue weighted by Crippen LogP contribution is 2.24. The van der Waals surface area contributed by atoms with E-state index in [0.717, 1.165) is 10.2 Å². The number of rotatable bonds is 2. The number of anilines is 1. The van der Waals surface area contributed by atoms with E-state index in [-0.39, 0.29) is 5.97 Å². The Balaban J connectivity index is 2.41. The minimum Gasteiger partial charge on any atom is -0.462 e. The molecule has 5 heteroatoms. The molecule has 0 radical (unpaired) electrons. The summed E-state index contributed by atoms with van der Waals surface area (Å²) >= 11 is 1.40. The van der Waals surface area contributed by atoms with Crippen LogP contribution in [-0.4, -0.2) is 17.6 Å². The minimum atomic E-state index is -0.328. The molecule has 0 saturated heterocycles. The van der Waals surface area contributed by atoms with Crippen LogP contribution in [0, 0.1) is 0 Å². The van der Waals surface area contributed by atoms with Gasteiger partial charge in [0.05, 0.1) is 22.4 Å². The lowest BCUT2D eigenvalue weighted by atomic mass is 10.2. The van der Waals surface area contributed by atoms with Crippen molar-refractivity contribution in [2.45, 2.75) is 6.92 Å². The summed E-state index contributed by atoms with van der Waals surface area (Å²) in [5.74, 6) is -0.328. The van der Waals surface area contributed by atoms with E-state index < -0.39 is 0 Å². The largest absolute Gasteiger partial charge is 0.462 e.